The summed E-state index contributed by atoms with van der Waals surface area (Å²) in [6.07, 6.45) is 7.79. The van der Waals surface area contributed by atoms with Crippen LogP contribution in [0.15, 0.2) is 47.4 Å². The van der Waals surface area contributed by atoms with Crippen molar-refractivity contribution in [1.29, 1.82) is 0 Å². The number of aromatic carboxylic acids is 1. The first kappa shape index (κ1) is 22.2. The molecule has 0 saturated heterocycles. The highest BCUT2D eigenvalue weighted by Gasteiger charge is 2.52. The molecule has 0 heterocycles. The highest BCUT2D eigenvalue weighted by Crippen LogP contribution is 2.62. The van der Waals surface area contributed by atoms with Gasteiger partial charge in [-0.1, -0.05) is 0 Å². The Hall–Kier alpha value is -1.98. The highest BCUT2D eigenvalue weighted by molar-refractivity contribution is 8.14. The Bertz CT molecular complexity index is 966. The van der Waals surface area contributed by atoms with Crippen LogP contribution < -0.4 is 4.74 Å². The number of rotatable bonds is 5. The molecular formula is C25H27ClO4S. The number of hydrogen-bond acceptors (Lipinski definition) is 4. The van der Waals surface area contributed by atoms with Gasteiger partial charge in [-0.05, 0) is 116 Å². The van der Waals surface area contributed by atoms with E-state index < -0.39 is 5.97 Å². The Balaban J connectivity index is 0.00000231. The summed E-state index contributed by atoms with van der Waals surface area (Å²) in [5, 5.41) is 9.02. The van der Waals surface area contributed by atoms with Gasteiger partial charge in [-0.25, -0.2) is 4.79 Å². The lowest BCUT2D eigenvalue weighted by molar-refractivity contribution is -0.00617. The number of carboxylic acids is 1. The van der Waals surface area contributed by atoms with Crippen molar-refractivity contribution in [2.75, 3.05) is 7.11 Å². The van der Waals surface area contributed by atoms with E-state index in [2.05, 4.69) is 6.07 Å². The molecule has 0 atom stereocenters. The number of methoxy groups -OCH3 is 1. The van der Waals surface area contributed by atoms with Crippen LogP contribution in [0.25, 0.3) is 0 Å². The highest BCUT2D eigenvalue weighted by atomic mass is 35.5. The van der Waals surface area contributed by atoms with Crippen molar-refractivity contribution in [2.45, 2.75) is 48.8 Å². The van der Waals surface area contributed by atoms with Gasteiger partial charge in [-0.3, -0.25) is 4.79 Å². The molecule has 4 fully saturated rings. The molecular weight excluding hydrogens is 432 g/mol. The monoisotopic (exact) mass is 458 g/mol. The Morgan fingerprint density at radius 2 is 1.48 bits per heavy atom. The summed E-state index contributed by atoms with van der Waals surface area (Å²) in [4.78, 5) is 24.8. The van der Waals surface area contributed by atoms with Crippen molar-refractivity contribution in [3.63, 3.8) is 0 Å². The van der Waals surface area contributed by atoms with Gasteiger partial charge in [-0.15, -0.1) is 12.4 Å². The largest absolute Gasteiger partial charge is 0.496 e. The van der Waals surface area contributed by atoms with Crippen molar-refractivity contribution in [3.8, 4) is 5.75 Å². The maximum atomic E-state index is 13.0. The molecule has 0 aliphatic heterocycles. The summed E-state index contributed by atoms with van der Waals surface area (Å²) in [7, 11) is 1.72. The van der Waals surface area contributed by atoms with Crippen LogP contribution in [-0.2, 0) is 5.41 Å². The molecule has 0 amide bonds. The second-order valence-corrected chi connectivity index (χ2v) is 10.4. The first-order valence-electron chi connectivity index (χ1n) is 10.7. The molecule has 2 aromatic rings. The molecule has 0 unspecified atom stereocenters. The first-order chi connectivity index (χ1) is 14.5. The van der Waals surface area contributed by atoms with E-state index in [1.807, 2.05) is 12.1 Å². The minimum absolute atomic E-state index is 0. The van der Waals surface area contributed by atoms with Gasteiger partial charge in [-0.2, -0.15) is 0 Å². The summed E-state index contributed by atoms with van der Waals surface area (Å²) in [5.41, 5.74) is 2.29. The Morgan fingerprint density at radius 3 is 2.00 bits per heavy atom. The van der Waals surface area contributed by atoms with Gasteiger partial charge in [0.05, 0.1) is 12.7 Å². The minimum Gasteiger partial charge on any atom is -0.496 e. The molecule has 2 aromatic carbocycles. The lowest BCUT2D eigenvalue weighted by Crippen LogP contribution is -2.48. The van der Waals surface area contributed by atoms with Gasteiger partial charge in [0, 0.05) is 16.0 Å². The quantitative estimate of drug-likeness (QED) is 0.539. The molecule has 6 rings (SSSR count). The molecule has 4 nitrogen and oxygen atoms in total. The topological polar surface area (TPSA) is 63.6 Å². The molecule has 4 saturated carbocycles. The van der Waals surface area contributed by atoms with Gasteiger partial charge < -0.3 is 9.84 Å². The molecule has 4 aliphatic rings. The van der Waals surface area contributed by atoms with Gasteiger partial charge in [0.2, 0.25) is 5.12 Å². The molecule has 1 N–H and O–H groups in total. The molecule has 6 heteroatoms. The van der Waals surface area contributed by atoms with Crippen molar-refractivity contribution in [1.82, 2.24) is 0 Å². The zero-order valence-corrected chi connectivity index (χ0v) is 19.1. The fraction of sp³-hybridized carbons (Fsp3) is 0.440. The van der Waals surface area contributed by atoms with E-state index >= 15 is 0 Å². The van der Waals surface area contributed by atoms with E-state index in [0.717, 1.165) is 40.2 Å². The summed E-state index contributed by atoms with van der Waals surface area (Å²) in [5.74, 6) is 2.41. The summed E-state index contributed by atoms with van der Waals surface area (Å²) in [6.45, 7) is 0. The summed E-state index contributed by atoms with van der Waals surface area (Å²) in [6, 6.07) is 12.3. The SMILES string of the molecule is COc1ccc(C(=O)Sc2ccc(C(=O)O)cc2)cc1C12CC3CC(CC(C3)C1)C2.Cl. The van der Waals surface area contributed by atoms with Crippen LogP contribution in [-0.4, -0.2) is 23.3 Å². The third kappa shape index (κ3) is 4.10. The van der Waals surface area contributed by atoms with Gasteiger partial charge in [0.1, 0.15) is 5.75 Å². The lowest BCUT2D eigenvalue weighted by atomic mass is 9.48. The van der Waals surface area contributed by atoms with Crippen LogP contribution in [0.1, 0.15) is 64.8 Å². The van der Waals surface area contributed by atoms with E-state index in [0.29, 0.717) is 5.56 Å². The van der Waals surface area contributed by atoms with Crippen molar-refractivity contribution in [3.05, 3.63) is 59.2 Å². The third-order valence-electron chi connectivity index (χ3n) is 7.36. The van der Waals surface area contributed by atoms with E-state index in [9.17, 15) is 9.59 Å². The van der Waals surface area contributed by atoms with Crippen molar-refractivity contribution >= 4 is 35.3 Å². The van der Waals surface area contributed by atoms with E-state index in [1.165, 1.54) is 56.2 Å². The molecule has 31 heavy (non-hydrogen) atoms. The predicted molar refractivity (Wildman–Crippen MR) is 124 cm³/mol. The van der Waals surface area contributed by atoms with Crippen LogP contribution in [0.3, 0.4) is 0 Å². The van der Waals surface area contributed by atoms with E-state index in [1.54, 1.807) is 19.2 Å². The Kier molecular flexibility index (Phi) is 6.10. The maximum absolute atomic E-state index is 13.0. The number of carbonyl (C=O) groups excluding carboxylic acids is 1. The van der Waals surface area contributed by atoms with Crippen molar-refractivity contribution in [2.24, 2.45) is 17.8 Å². The van der Waals surface area contributed by atoms with E-state index in [4.69, 9.17) is 9.84 Å². The molecule has 0 radical (unpaired) electrons. The number of thioether (sulfide) groups is 1. The molecule has 4 aliphatic carbocycles. The van der Waals surface area contributed by atoms with Crippen LogP contribution in [0.4, 0.5) is 0 Å². The molecule has 164 valence electrons. The standard InChI is InChI=1S/C25H26O4S.ClH/c1-29-22-7-4-19(24(28)30-20-5-2-18(3-6-20)23(26)27)11-21(22)25-12-15-8-16(13-25)10-17(9-15)14-25;/h2-7,11,15-17H,8-10,12-14H2,1H3,(H,26,27);1H. The fourth-order valence-electron chi connectivity index (χ4n) is 6.52. The lowest BCUT2D eigenvalue weighted by Gasteiger charge is -2.57. The number of carbonyl (C=O) groups is 2. The number of benzene rings is 2. The van der Waals surface area contributed by atoms with Crippen LogP contribution in [0.2, 0.25) is 0 Å². The number of ether oxygens (including phenoxy) is 1. The van der Waals surface area contributed by atoms with Gasteiger partial charge >= 0.3 is 5.97 Å². The average Bonchev–Trinajstić information content (AvgIpc) is 2.72. The molecule has 0 spiro atoms. The first-order valence-corrected chi connectivity index (χ1v) is 11.5. The van der Waals surface area contributed by atoms with Crippen molar-refractivity contribution < 1.29 is 19.4 Å². The molecule has 4 bridgehead atoms. The van der Waals surface area contributed by atoms with Crippen LogP contribution in [0.5, 0.6) is 5.75 Å². The van der Waals surface area contributed by atoms with E-state index in [-0.39, 0.29) is 28.5 Å². The zero-order valence-electron chi connectivity index (χ0n) is 17.5. The Morgan fingerprint density at radius 1 is 0.935 bits per heavy atom. The second kappa shape index (κ2) is 8.51. The van der Waals surface area contributed by atoms with Crippen LogP contribution in [0, 0.1) is 17.8 Å². The number of hydrogen-bond donors (Lipinski definition) is 1. The fourth-order valence-corrected chi connectivity index (χ4v) is 7.25. The summed E-state index contributed by atoms with van der Waals surface area (Å²) >= 11 is 1.14. The summed E-state index contributed by atoms with van der Waals surface area (Å²) < 4.78 is 5.75. The predicted octanol–water partition coefficient (Wildman–Crippen LogP) is 6.22. The average molecular weight is 459 g/mol. The van der Waals surface area contributed by atoms with Gasteiger partial charge in [0.25, 0.3) is 0 Å². The second-order valence-electron chi connectivity index (χ2n) is 9.33. The van der Waals surface area contributed by atoms with Crippen LogP contribution >= 0.6 is 24.2 Å². The van der Waals surface area contributed by atoms with Gasteiger partial charge in [0.15, 0.2) is 0 Å². The zero-order chi connectivity index (χ0) is 20.9. The molecule has 0 aromatic heterocycles. The Labute approximate surface area is 193 Å². The maximum Gasteiger partial charge on any atom is 0.335 e. The number of halogens is 1. The number of carboxylic acid groups (broad SMARTS) is 1. The minimum atomic E-state index is -0.965. The normalized spacial score (nSPS) is 28.1. The smallest absolute Gasteiger partial charge is 0.335 e. The third-order valence-corrected chi connectivity index (χ3v) is 8.29.